The second-order valence-electron chi connectivity index (χ2n) is 7.19. The molecule has 0 spiro atoms. The van der Waals surface area contributed by atoms with Crippen molar-refractivity contribution in [1.29, 1.82) is 5.26 Å². The number of thiocarbonyl (C=S) groups is 1. The van der Waals surface area contributed by atoms with E-state index < -0.39 is 6.17 Å². The van der Waals surface area contributed by atoms with Crippen molar-refractivity contribution >= 4 is 46.2 Å². The van der Waals surface area contributed by atoms with Gasteiger partial charge >= 0.3 is 0 Å². The number of unbranched alkanes of at least 4 members (excludes halogenated alkanes) is 1. The molecule has 2 aromatic rings. The number of aliphatic imine (C=N–C) groups is 1. The summed E-state index contributed by atoms with van der Waals surface area (Å²) in [5, 5.41) is 13.1. The minimum atomic E-state index is -0.929. The molecule has 0 radical (unpaired) electrons. The summed E-state index contributed by atoms with van der Waals surface area (Å²) >= 11 is 11.8. The van der Waals surface area contributed by atoms with Gasteiger partial charge in [0.05, 0.1) is 17.5 Å². The van der Waals surface area contributed by atoms with Gasteiger partial charge in [-0.25, -0.2) is 4.99 Å². The van der Waals surface area contributed by atoms with Crippen LogP contribution in [0.15, 0.2) is 53.5 Å². The maximum atomic E-state index is 13.3. The van der Waals surface area contributed by atoms with Gasteiger partial charge in [-0.3, -0.25) is 4.79 Å². The van der Waals surface area contributed by atoms with E-state index in [2.05, 4.69) is 18.3 Å². The number of halogens is 1. The van der Waals surface area contributed by atoms with Crippen molar-refractivity contribution in [1.82, 2.24) is 10.2 Å². The molecular weight excluding hydrogens is 430 g/mol. The summed E-state index contributed by atoms with van der Waals surface area (Å²) in [5.41, 5.74) is 3.00. The Labute approximate surface area is 193 Å². The molecule has 1 aliphatic heterocycles. The lowest BCUT2D eigenvalue weighted by Crippen LogP contribution is -2.50. The molecule has 0 saturated heterocycles. The number of nitrogens with one attached hydrogen (secondary N) is 1. The topological polar surface area (TPSA) is 71.7 Å². The Morgan fingerprint density at radius 2 is 2.06 bits per heavy atom. The Morgan fingerprint density at radius 3 is 2.74 bits per heavy atom. The molecule has 0 fully saturated rings. The third-order valence-electron chi connectivity index (χ3n) is 5.04. The van der Waals surface area contributed by atoms with Crippen LogP contribution < -0.4 is 10.2 Å². The summed E-state index contributed by atoms with van der Waals surface area (Å²) in [6.45, 7) is 2.86. The molecule has 8 heteroatoms. The maximum Gasteiger partial charge on any atom is 0.272 e. The summed E-state index contributed by atoms with van der Waals surface area (Å²) in [5.74, 6) is -0.246. The first-order chi connectivity index (χ1) is 15.0. The zero-order chi connectivity index (χ0) is 22.4. The molecule has 160 valence electrons. The molecule has 1 amide bonds. The predicted molar refractivity (Wildman–Crippen MR) is 129 cm³/mol. The van der Waals surface area contributed by atoms with Crippen LogP contribution in [0, 0.1) is 11.3 Å². The van der Waals surface area contributed by atoms with E-state index in [0.29, 0.717) is 28.1 Å². The second kappa shape index (κ2) is 10.4. The van der Waals surface area contributed by atoms with E-state index in [4.69, 9.17) is 28.8 Å². The van der Waals surface area contributed by atoms with Gasteiger partial charge in [-0.2, -0.15) is 5.26 Å². The molecule has 0 aromatic heterocycles. The summed E-state index contributed by atoms with van der Waals surface area (Å²) < 4.78 is 0. The summed E-state index contributed by atoms with van der Waals surface area (Å²) in [6, 6.07) is 17.2. The van der Waals surface area contributed by atoms with E-state index >= 15 is 0 Å². The first-order valence-corrected chi connectivity index (χ1v) is 10.9. The van der Waals surface area contributed by atoms with Crippen LogP contribution in [0.1, 0.15) is 30.9 Å². The van der Waals surface area contributed by atoms with Crippen molar-refractivity contribution in [3.05, 3.63) is 64.7 Å². The van der Waals surface area contributed by atoms with Crippen LogP contribution in [0.4, 0.5) is 5.69 Å². The van der Waals surface area contributed by atoms with Crippen LogP contribution in [-0.4, -0.2) is 47.9 Å². The Balaban J connectivity index is 2.03. The number of carbonyl (C=O) groups is 1. The number of anilines is 1. The van der Waals surface area contributed by atoms with Gasteiger partial charge < -0.3 is 15.1 Å². The van der Waals surface area contributed by atoms with E-state index in [1.165, 1.54) is 0 Å². The molecular formula is C23H24ClN5OS. The van der Waals surface area contributed by atoms with E-state index in [1.54, 1.807) is 22.9 Å². The number of fused-ring (bicyclic) bond motifs is 1. The highest BCUT2D eigenvalue weighted by molar-refractivity contribution is 7.80. The van der Waals surface area contributed by atoms with Gasteiger partial charge in [-0.05, 0) is 36.8 Å². The van der Waals surface area contributed by atoms with Gasteiger partial charge in [0.15, 0.2) is 5.11 Å². The third-order valence-corrected chi connectivity index (χ3v) is 5.65. The van der Waals surface area contributed by atoms with Crippen molar-refractivity contribution in [2.24, 2.45) is 4.99 Å². The average molecular weight is 454 g/mol. The number of hydrogen-bond donors (Lipinski definition) is 1. The Kier molecular flexibility index (Phi) is 7.61. The highest BCUT2D eigenvalue weighted by Gasteiger charge is 2.31. The maximum absolute atomic E-state index is 13.3. The highest BCUT2D eigenvalue weighted by atomic mass is 35.5. The molecule has 2 aromatic carbocycles. The minimum absolute atomic E-state index is 0.147. The number of benzene rings is 2. The summed E-state index contributed by atoms with van der Waals surface area (Å²) in [6.07, 6.45) is 0.939. The number of amides is 1. The molecule has 6 nitrogen and oxygen atoms in total. The van der Waals surface area contributed by atoms with Gasteiger partial charge in [0.1, 0.15) is 6.54 Å². The molecule has 1 N–H and O–H groups in total. The van der Waals surface area contributed by atoms with Crippen molar-refractivity contribution in [3.63, 3.8) is 0 Å². The van der Waals surface area contributed by atoms with Crippen LogP contribution in [-0.2, 0) is 4.79 Å². The average Bonchev–Trinajstić information content (AvgIpc) is 2.87. The van der Waals surface area contributed by atoms with Crippen molar-refractivity contribution in [2.75, 3.05) is 25.0 Å². The fraction of sp³-hybridized carbons (Fsp3) is 0.304. The summed E-state index contributed by atoms with van der Waals surface area (Å²) in [7, 11) is 1.71. The van der Waals surface area contributed by atoms with Crippen LogP contribution in [0.2, 0.25) is 5.02 Å². The summed E-state index contributed by atoms with van der Waals surface area (Å²) in [4.78, 5) is 21.4. The molecule has 0 bridgehead atoms. The lowest BCUT2D eigenvalue weighted by Gasteiger charge is -2.26. The largest absolute Gasteiger partial charge is 0.336 e. The van der Waals surface area contributed by atoms with Crippen molar-refractivity contribution < 1.29 is 4.79 Å². The smallest absolute Gasteiger partial charge is 0.272 e. The SMILES string of the molecule is CCCCN(CC#N)C(=S)NC1N=C(c2ccccc2)c2cc(Cl)ccc2N(C)C1=O. The van der Waals surface area contributed by atoms with E-state index in [1.807, 2.05) is 42.5 Å². The van der Waals surface area contributed by atoms with E-state index in [0.717, 1.165) is 24.0 Å². The molecule has 1 aliphatic rings. The monoisotopic (exact) mass is 453 g/mol. The Morgan fingerprint density at radius 1 is 1.32 bits per heavy atom. The molecule has 3 rings (SSSR count). The van der Waals surface area contributed by atoms with Crippen LogP contribution in [0.5, 0.6) is 0 Å². The minimum Gasteiger partial charge on any atom is -0.336 e. The predicted octanol–water partition coefficient (Wildman–Crippen LogP) is 3.98. The van der Waals surface area contributed by atoms with Crippen molar-refractivity contribution in [2.45, 2.75) is 25.9 Å². The first-order valence-electron chi connectivity index (χ1n) is 10.1. The molecule has 1 unspecified atom stereocenters. The fourth-order valence-corrected chi connectivity index (χ4v) is 3.80. The zero-order valence-electron chi connectivity index (χ0n) is 17.5. The lowest BCUT2D eigenvalue weighted by molar-refractivity contribution is -0.119. The highest BCUT2D eigenvalue weighted by Crippen LogP contribution is 2.29. The number of carbonyl (C=O) groups excluding carboxylic acids is 1. The van der Waals surface area contributed by atoms with Crippen LogP contribution in [0.3, 0.4) is 0 Å². The van der Waals surface area contributed by atoms with Gasteiger partial charge in [0.2, 0.25) is 6.17 Å². The molecule has 1 atom stereocenters. The zero-order valence-corrected chi connectivity index (χ0v) is 19.1. The lowest BCUT2D eigenvalue weighted by atomic mass is 10.0. The molecule has 0 saturated carbocycles. The normalized spacial score (nSPS) is 15.4. The Bertz CT molecular complexity index is 1030. The number of nitriles is 1. The number of hydrogen-bond acceptors (Lipinski definition) is 4. The van der Waals surface area contributed by atoms with E-state index in [9.17, 15) is 10.1 Å². The van der Waals surface area contributed by atoms with Crippen molar-refractivity contribution in [3.8, 4) is 6.07 Å². The van der Waals surface area contributed by atoms with Crippen LogP contribution in [0.25, 0.3) is 0 Å². The number of rotatable bonds is 6. The van der Waals surface area contributed by atoms with Crippen LogP contribution >= 0.6 is 23.8 Å². The van der Waals surface area contributed by atoms with E-state index in [-0.39, 0.29) is 12.5 Å². The Hall–Kier alpha value is -2.95. The fourth-order valence-electron chi connectivity index (χ4n) is 3.36. The van der Waals surface area contributed by atoms with Gasteiger partial charge in [-0.15, -0.1) is 0 Å². The molecule has 1 heterocycles. The number of likely N-dealkylation sites (N-methyl/N-ethyl adjacent to an activating group) is 1. The number of nitrogens with zero attached hydrogens (tertiary/aromatic N) is 4. The first kappa shape index (κ1) is 22.7. The van der Waals surface area contributed by atoms with Gasteiger partial charge in [-0.1, -0.05) is 55.3 Å². The molecule has 0 aliphatic carbocycles. The standard InChI is InChI=1S/C23H24ClN5OS/c1-3-4-13-29(14-12-25)23(31)27-21-22(30)28(2)19-11-10-17(24)15-18(19)20(26-21)16-8-6-5-7-9-16/h5-11,15,21H,3-4,13-14H2,1-2H3,(H,27,31). The quantitative estimate of drug-likeness (QED) is 0.529. The molecule has 31 heavy (non-hydrogen) atoms. The number of benzodiazepines with no additional fused rings is 1. The van der Waals surface area contributed by atoms with Gasteiger partial charge in [0.25, 0.3) is 5.91 Å². The second-order valence-corrected chi connectivity index (χ2v) is 8.01. The third kappa shape index (κ3) is 5.22. The van der Waals surface area contributed by atoms with Gasteiger partial charge in [0, 0.05) is 29.7 Å².